The minimum Gasteiger partial charge on any atom is -0.352 e. The topological polar surface area (TPSA) is 55.1 Å². The van der Waals surface area contributed by atoms with E-state index in [2.05, 4.69) is 11.2 Å². The fraction of sp³-hybridized carbons (Fsp3) is 0.700. The summed E-state index contributed by atoms with van der Waals surface area (Å²) in [5.74, 6) is 2.30. The largest absolute Gasteiger partial charge is 0.352 e. The van der Waals surface area contributed by atoms with Gasteiger partial charge in [-0.05, 0) is 13.8 Å². The summed E-state index contributed by atoms with van der Waals surface area (Å²) in [7, 11) is 0. The Labute approximate surface area is 80.1 Å². The van der Waals surface area contributed by atoms with Crippen LogP contribution in [0.4, 0.5) is 0 Å². The Kier molecular flexibility index (Phi) is 5.17. The summed E-state index contributed by atoms with van der Waals surface area (Å²) in [6.45, 7) is 5.50. The Bertz CT molecular complexity index is 205. The highest BCUT2D eigenvalue weighted by atomic mass is 16.1. The number of amides is 1. The van der Waals surface area contributed by atoms with Crippen LogP contribution < -0.4 is 11.1 Å². The summed E-state index contributed by atoms with van der Waals surface area (Å²) < 4.78 is 0. The van der Waals surface area contributed by atoms with Crippen LogP contribution in [-0.4, -0.2) is 18.0 Å². The Morgan fingerprint density at radius 1 is 1.54 bits per heavy atom. The van der Waals surface area contributed by atoms with Gasteiger partial charge < -0.3 is 11.1 Å². The molecule has 0 heterocycles. The maximum Gasteiger partial charge on any atom is 0.224 e. The average molecular weight is 182 g/mol. The van der Waals surface area contributed by atoms with Gasteiger partial charge in [-0.25, -0.2) is 0 Å². The molecule has 0 spiro atoms. The van der Waals surface area contributed by atoms with Gasteiger partial charge in [0.25, 0.3) is 0 Å². The SMILES string of the molecule is C#CCC(C)NC(=O)C(C)C(C)N. The number of carbonyl (C=O) groups excluding carboxylic acids is 1. The van der Waals surface area contributed by atoms with Crippen LogP contribution in [-0.2, 0) is 4.79 Å². The second-order valence-corrected chi connectivity index (χ2v) is 3.47. The van der Waals surface area contributed by atoms with Gasteiger partial charge in [0.15, 0.2) is 0 Å². The first-order chi connectivity index (χ1) is 5.99. The zero-order valence-electron chi connectivity index (χ0n) is 8.50. The van der Waals surface area contributed by atoms with Crippen molar-refractivity contribution in [3.8, 4) is 12.3 Å². The number of nitrogens with one attached hydrogen (secondary N) is 1. The summed E-state index contributed by atoms with van der Waals surface area (Å²) >= 11 is 0. The van der Waals surface area contributed by atoms with Gasteiger partial charge in [-0.2, -0.15) is 0 Å². The maximum atomic E-state index is 11.4. The quantitative estimate of drug-likeness (QED) is 0.622. The zero-order chi connectivity index (χ0) is 10.4. The van der Waals surface area contributed by atoms with Crippen LogP contribution in [0, 0.1) is 18.3 Å². The highest BCUT2D eigenvalue weighted by molar-refractivity contribution is 5.79. The number of carbonyl (C=O) groups is 1. The van der Waals surface area contributed by atoms with E-state index < -0.39 is 0 Å². The van der Waals surface area contributed by atoms with Gasteiger partial charge in [0.1, 0.15) is 0 Å². The van der Waals surface area contributed by atoms with E-state index >= 15 is 0 Å². The standard InChI is InChI=1S/C10H18N2O/c1-5-6-7(2)12-10(13)8(3)9(4)11/h1,7-9H,6,11H2,2-4H3,(H,12,13). The molecule has 3 heteroatoms. The van der Waals surface area contributed by atoms with E-state index in [0.29, 0.717) is 6.42 Å². The van der Waals surface area contributed by atoms with Gasteiger partial charge in [0.2, 0.25) is 5.91 Å². The van der Waals surface area contributed by atoms with Crippen LogP contribution in [0.3, 0.4) is 0 Å². The highest BCUT2D eigenvalue weighted by Gasteiger charge is 2.17. The van der Waals surface area contributed by atoms with Crippen LogP contribution in [0.15, 0.2) is 0 Å². The van der Waals surface area contributed by atoms with E-state index in [1.165, 1.54) is 0 Å². The van der Waals surface area contributed by atoms with Gasteiger partial charge in [-0.15, -0.1) is 12.3 Å². The smallest absolute Gasteiger partial charge is 0.224 e. The van der Waals surface area contributed by atoms with Crippen LogP contribution >= 0.6 is 0 Å². The van der Waals surface area contributed by atoms with Gasteiger partial charge >= 0.3 is 0 Å². The van der Waals surface area contributed by atoms with Gasteiger partial charge in [0.05, 0.1) is 0 Å². The number of rotatable bonds is 4. The lowest BCUT2D eigenvalue weighted by Gasteiger charge is -2.18. The molecule has 13 heavy (non-hydrogen) atoms. The molecule has 0 aromatic heterocycles. The van der Waals surface area contributed by atoms with Crippen molar-refractivity contribution in [1.82, 2.24) is 5.32 Å². The molecule has 74 valence electrons. The summed E-state index contributed by atoms with van der Waals surface area (Å²) in [6.07, 6.45) is 5.67. The molecule has 0 aliphatic carbocycles. The molecule has 0 saturated heterocycles. The summed E-state index contributed by atoms with van der Waals surface area (Å²) in [6, 6.07) is -0.100. The Hall–Kier alpha value is -1.01. The average Bonchev–Trinajstić information content (AvgIpc) is 2.03. The molecule has 0 aromatic carbocycles. The molecule has 0 fully saturated rings. The van der Waals surface area contributed by atoms with Crippen molar-refractivity contribution in [2.75, 3.05) is 0 Å². The van der Waals surface area contributed by atoms with Crippen molar-refractivity contribution in [2.24, 2.45) is 11.7 Å². The molecular formula is C10H18N2O. The first-order valence-corrected chi connectivity index (χ1v) is 4.48. The fourth-order valence-electron chi connectivity index (χ4n) is 0.841. The van der Waals surface area contributed by atoms with Crippen molar-refractivity contribution in [3.05, 3.63) is 0 Å². The van der Waals surface area contributed by atoms with Crippen molar-refractivity contribution >= 4 is 5.91 Å². The molecule has 0 bridgehead atoms. The summed E-state index contributed by atoms with van der Waals surface area (Å²) in [5.41, 5.74) is 5.59. The maximum absolute atomic E-state index is 11.4. The molecule has 0 aliphatic heterocycles. The molecule has 0 radical (unpaired) electrons. The normalized spacial score (nSPS) is 16.8. The van der Waals surface area contributed by atoms with E-state index in [1.807, 2.05) is 20.8 Å². The van der Waals surface area contributed by atoms with E-state index in [-0.39, 0.29) is 23.9 Å². The molecular weight excluding hydrogens is 164 g/mol. The monoisotopic (exact) mass is 182 g/mol. The van der Waals surface area contributed by atoms with Gasteiger partial charge in [-0.3, -0.25) is 4.79 Å². The van der Waals surface area contributed by atoms with E-state index in [4.69, 9.17) is 12.2 Å². The molecule has 3 atom stereocenters. The molecule has 3 N–H and O–H groups in total. The third-order valence-corrected chi connectivity index (χ3v) is 2.01. The number of hydrogen-bond acceptors (Lipinski definition) is 2. The second-order valence-electron chi connectivity index (χ2n) is 3.47. The van der Waals surface area contributed by atoms with Gasteiger partial charge in [-0.1, -0.05) is 6.92 Å². The summed E-state index contributed by atoms with van der Waals surface area (Å²) in [5, 5.41) is 2.80. The van der Waals surface area contributed by atoms with E-state index in [1.54, 1.807) is 0 Å². The van der Waals surface area contributed by atoms with Crippen molar-refractivity contribution in [2.45, 2.75) is 39.3 Å². The molecule has 3 unspecified atom stereocenters. The number of hydrogen-bond donors (Lipinski definition) is 2. The predicted molar refractivity (Wildman–Crippen MR) is 53.9 cm³/mol. The van der Waals surface area contributed by atoms with Crippen molar-refractivity contribution in [1.29, 1.82) is 0 Å². The lowest BCUT2D eigenvalue weighted by molar-refractivity contribution is -0.125. The van der Waals surface area contributed by atoms with E-state index in [0.717, 1.165) is 0 Å². The Balaban J connectivity index is 3.94. The molecule has 0 rings (SSSR count). The number of nitrogens with two attached hydrogens (primary N) is 1. The minimum atomic E-state index is -0.166. The lowest BCUT2D eigenvalue weighted by Crippen LogP contribution is -2.42. The first kappa shape index (κ1) is 12.0. The van der Waals surface area contributed by atoms with Gasteiger partial charge in [0, 0.05) is 24.4 Å². The zero-order valence-corrected chi connectivity index (χ0v) is 8.50. The molecule has 0 saturated carbocycles. The predicted octanol–water partition coefficient (Wildman–Crippen LogP) is 0.498. The molecule has 0 aromatic rings. The molecule has 3 nitrogen and oxygen atoms in total. The highest BCUT2D eigenvalue weighted by Crippen LogP contribution is 2.00. The molecule has 0 aliphatic rings. The van der Waals surface area contributed by atoms with Crippen LogP contribution in [0.5, 0.6) is 0 Å². The second kappa shape index (κ2) is 5.60. The third kappa shape index (κ3) is 4.54. The minimum absolute atomic E-state index is 0.0266. The van der Waals surface area contributed by atoms with Crippen molar-refractivity contribution in [3.63, 3.8) is 0 Å². The lowest BCUT2D eigenvalue weighted by atomic mass is 10.0. The number of terminal acetylenes is 1. The molecule has 1 amide bonds. The van der Waals surface area contributed by atoms with E-state index in [9.17, 15) is 4.79 Å². The first-order valence-electron chi connectivity index (χ1n) is 4.48. The van der Waals surface area contributed by atoms with Crippen molar-refractivity contribution < 1.29 is 4.79 Å². The third-order valence-electron chi connectivity index (χ3n) is 2.01. The van der Waals surface area contributed by atoms with Crippen LogP contribution in [0.1, 0.15) is 27.2 Å². The van der Waals surface area contributed by atoms with Crippen LogP contribution in [0.25, 0.3) is 0 Å². The Morgan fingerprint density at radius 2 is 2.08 bits per heavy atom. The fourth-order valence-corrected chi connectivity index (χ4v) is 0.841. The van der Waals surface area contributed by atoms with Crippen LogP contribution in [0.2, 0.25) is 0 Å². The Morgan fingerprint density at radius 3 is 2.46 bits per heavy atom. The summed E-state index contributed by atoms with van der Waals surface area (Å²) in [4.78, 5) is 11.4.